The van der Waals surface area contributed by atoms with E-state index < -0.39 is 0 Å². The number of aryl methyl sites for hydroxylation is 2. The van der Waals surface area contributed by atoms with Gasteiger partial charge in [0.05, 0.1) is 0 Å². The molecule has 1 aliphatic carbocycles. The Morgan fingerprint density at radius 2 is 1.41 bits per heavy atom. The van der Waals surface area contributed by atoms with Crippen LogP contribution in [-0.4, -0.2) is 0 Å². The van der Waals surface area contributed by atoms with Crippen LogP contribution in [0.2, 0.25) is 0 Å². The molecule has 0 heterocycles. The van der Waals surface area contributed by atoms with Crippen molar-refractivity contribution in [2.24, 2.45) is 5.92 Å². The first-order chi connectivity index (χ1) is 13.1. The van der Waals surface area contributed by atoms with Gasteiger partial charge in [0.25, 0.3) is 0 Å². The van der Waals surface area contributed by atoms with Crippen LogP contribution in [0.3, 0.4) is 0 Å². The molecule has 1 saturated carbocycles. The summed E-state index contributed by atoms with van der Waals surface area (Å²) in [6, 6.07) is 15.6. The topological polar surface area (TPSA) is 0 Å². The molecule has 2 aromatic rings. The summed E-state index contributed by atoms with van der Waals surface area (Å²) in [7, 11) is 0. The van der Waals surface area contributed by atoms with Crippen LogP contribution in [0.5, 0.6) is 0 Å². The van der Waals surface area contributed by atoms with Crippen molar-refractivity contribution in [1.29, 1.82) is 0 Å². The normalized spacial score (nSPS) is 19.4. The highest BCUT2D eigenvalue weighted by molar-refractivity contribution is 5.46. The molecule has 1 fully saturated rings. The van der Waals surface area contributed by atoms with Gasteiger partial charge in [0, 0.05) is 11.1 Å². The first kappa shape index (κ1) is 19.8. The monoisotopic (exact) mass is 358 g/mol. The van der Waals surface area contributed by atoms with E-state index in [1.807, 2.05) is 0 Å². The van der Waals surface area contributed by atoms with E-state index in [1.165, 1.54) is 68.1 Å². The second-order valence-electron chi connectivity index (χ2n) is 8.46. The van der Waals surface area contributed by atoms with Crippen molar-refractivity contribution in [3.63, 3.8) is 0 Å². The minimum absolute atomic E-state index is 0.758. The summed E-state index contributed by atoms with van der Waals surface area (Å²) >= 11 is 0. The van der Waals surface area contributed by atoms with Gasteiger partial charge in [-0.2, -0.15) is 0 Å². The van der Waals surface area contributed by atoms with Gasteiger partial charge >= 0.3 is 0 Å². The maximum atomic E-state index is 3.33. The Labute approximate surface area is 166 Å². The Bertz CT molecular complexity index is 757. The predicted octanol–water partition coefficient (Wildman–Crippen LogP) is 7.56. The van der Waals surface area contributed by atoms with Crippen molar-refractivity contribution in [1.82, 2.24) is 0 Å². The number of rotatable bonds is 5. The van der Waals surface area contributed by atoms with Crippen LogP contribution in [-0.2, 0) is 0 Å². The standard InChI is InChI=1S/C27H34/c1-4-5-6-7-23-10-14-26(15-11-23)27-16-12-24(13-17-27)8-9-25-19-21(2)18-22(3)20-25/h12-13,16-20,23,26H,4-7,10-11,14-15H2,1-3H3. The van der Waals surface area contributed by atoms with Crippen LogP contribution in [0.25, 0.3) is 0 Å². The Morgan fingerprint density at radius 3 is 2.04 bits per heavy atom. The van der Waals surface area contributed by atoms with E-state index in [4.69, 9.17) is 0 Å². The summed E-state index contributed by atoms with van der Waals surface area (Å²) in [5, 5.41) is 0. The van der Waals surface area contributed by atoms with Crippen LogP contribution in [0, 0.1) is 31.6 Å². The maximum Gasteiger partial charge on any atom is 0.0254 e. The lowest BCUT2D eigenvalue weighted by Crippen LogP contribution is -2.13. The molecule has 1 aliphatic rings. The summed E-state index contributed by atoms with van der Waals surface area (Å²) in [5.41, 5.74) is 6.29. The molecule has 2 aromatic carbocycles. The summed E-state index contributed by atoms with van der Waals surface area (Å²) < 4.78 is 0. The Morgan fingerprint density at radius 1 is 0.778 bits per heavy atom. The van der Waals surface area contributed by atoms with E-state index in [2.05, 4.69) is 75.1 Å². The van der Waals surface area contributed by atoms with E-state index in [0.29, 0.717) is 0 Å². The number of hydrogen-bond donors (Lipinski definition) is 0. The Kier molecular flexibility index (Phi) is 7.17. The molecule has 0 saturated heterocycles. The molecule has 27 heavy (non-hydrogen) atoms. The molecule has 142 valence electrons. The summed E-state index contributed by atoms with van der Waals surface area (Å²) in [4.78, 5) is 0. The third kappa shape index (κ3) is 6.00. The van der Waals surface area contributed by atoms with Gasteiger partial charge in [-0.05, 0) is 92.3 Å². The fraction of sp³-hybridized carbons (Fsp3) is 0.481. The van der Waals surface area contributed by atoms with E-state index in [-0.39, 0.29) is 0 Å². The third-order valence-electron chi connectivity index (χ3n) is 6.02. The highest BCUT2D eigenvalue weighted by Crippen LogP contribution is 2.37. The molecule has 3 rings (SSSR count). The van der Waals surface area contributed by atoms with Gasteiger partial charge < -0.3 is 0 Å². The lowest BCUT2D eigenvalue weighted by Gasteiger charge is -2.29. The van der Waals surface area contributed by atoms with Crippen LogP contribution in [0.4, 0.5) is 0 Å². The van der Waals surface area contributed by atoms with Crippen molar-refractivity contribution < 1.29 is 0 Å². The first-order valence-electron chi connectivity index (χ1n) is 10.8. The van der Waals surface area contributed by atoms with Gasteiger partial charge in [-0.15, -0.1) is 0 Å². The fourth-order valence-electron chi connectivity index (χ4n) is 4.50. The highest BCUT2D eigenvalue weighted by atomic mass is 14.3. The zero-order valence-electron chi connectivity index (χ0n) is 17.4. The van der Waals surface area contributed by atoms with Crippen LogP contribution in [0.1, 0.15) is 92.0 Å². The van der Waals surface area contributed by atoms with E-state index in [1.54, 1.807) is 0 Å². The van der Waals surface area contributed by atoms with Crippen molar-refractivity contribution >= 4 is 0 Å². The SMILES string of the molecule is CCCCCC1CCC(c2ccc(C#Cc3cc(C)cc(C)c3)cc2)CC1. The molecular formula is C27H34. The van der Waals surface area contributed by atoms with E-state index >= 15 is 0 Å². The molecule has 0 N–H and O–H groups in total. The quantitative estimate of drug-likeness (QED) is 0.382. The third-order valence-corrected chi connectivity index (χ3v) is 6.02. The Hall–Kier alpha value is -2.00. The minimum atomic E-state index is 0.758. The predicted molar refractivity (Wildman–Crippen MR) is 117 cm³/mol. The van der Waals surface area contributed by atoms with Gasteiger partial charge in [-0.1, -0.05) is 62.6 Å². The smallest absolute Gasteiger partial charge is 0.0254 e. The second kappa shape index (κ2) is 9.80. The van der Waals surface area contributed by atoms with Gasteiger partial charge in [0.2, 0.25) is 0 Å². The second-order valence-corrected chi connectivity index (χ2v) is 8.46. The fourth-order valence-corrected chi connectivity index (χ4v) is 4.50. The molecule has 0 amide bonds. The molecule has 0 spiro atoms. The van der Waals surface area contributed by atoms with Gasteiger partial charge in [-0.25, -0.2) is 0 Å². The molecule has 0 bridgehead atoms. The number of unbranched alkanes of at least 4 members (excludes halogenated alkanes) is 2. The van der Waals surface area contributed by atoms with E-state index in [0.717, 1.165) is 23.0 Å². The zero-order chi connectivity index (χ0) is 19.1. The largest absolute Gasteiger partial charge is 0.0654 e. The number of hydrogen-bond acceptors (Lipinski definition) is 0. The highest BCUT2D eigenvalue weighted by Gasteiger charge is 2.21. The van der Waals surface area contributed by atoms with Crippen molar-refractivity contribution in [2.75, 3.05) is 0 Å². The molecule has 0 radical (unpaired) electrons. The molecule has 0 heteroatoms. The van der Waals surface area contributed by atoms with Crippen LogP contribution in [0.15, 0.2) is 42.5 Å². The summed E-state index contributed by atoms with van der Waals surface area (Å²) in [6.45, 7) is 6.56. The lowest BCUT2D eigenvalue weighted by molar-refractivity contribution is 0.303. The van der Waals surface area contributed by atoms with Gasteiger partial charge in [0.1, 0.15) is 0 Å². The van der Waals surface area contributed by atoms with Crippen LogP contribution >= 0.6 is 0 Å². The Balaban J connectivity index is 1.56. The van der Waals surface area contributed by atoms with Crippen molar-refractivity contribution in [3.05, 3.63) is 70.3 Å². The number of benzene rings is 2. The molecule has 0 aromatic heterocycles. The van der Waals surface area contributed by atoms with Gasteiger partial charge in [0.15, 0.2) is 0 Å². The molecular weight excluding hydrogens is 324 g/mol. The minimum Gasteiger partial charge on any atom is -0.0654 e. The van der Waals surface area contributed by atoms with E-state index in [9.17, 15) is 0 Å². The average molecular weight is 359 g/mol. The molecule has 0 atom stereocenters. The maximum absolute atomic E-state index is 3.33. The van der Waals surface area contributed by atoms with Crippen molar-refractivity contribution in [2.45, 2.75) is 78.1 Å². The average Bonchev–Trinajstić information content (AvgIpc) is 2.67. The lowest BCUT2D eigenvalue weighted by atomic mass is 9.77. The summed E-state index contributed by atoms with van der Waals surface area (Å²) in [5.74, 6) is 8.39. The summed E-state index contributed by atoms with van der Waals surface area (Å²) in [6.07, 6.45) is 11.2. The first-order valence-corrected chi connectivity index (χ1v) is 10.8. The molecule has 0 aliphatic heterocycles. The molecule has 0 nitrogen and oxygen atoms in total. The van der Waals surface area contributed by atoms with Crippen molar-refractivity contribution in [3.8, 4) is 11.8 Å². The van der Waals surface area contributed by atoms with Crippen LogP contribution < -0.4 is 0 Å². The van der Waals surface area contributed by atoms with Gasteiger partial charge in [-0.3, -0.25) is 0 Å². The molecule has 0 unspecified atom stereocenters. The zero-order valence-corrected chi connectivity index (χ0v) is 17.4.